The second-order valence-electron chi connectivity index (χ2n) is 5.28. The van der Waals surface area contributed by atoms with Crippen molar-refractivity contribution in [2.45, 2.75) is 51.9 Å². The van der Waals surface area contributed by atoms with Gasteiger partial charge in [-0.05, 0) is 49.5 Å². The Hall–Kier alpha value is -0.0400. The van der Waals surface area contributed by atoms with Gasteiger partial charge in [-0.25, -0.2) is 0 Å². The number of hydrogen-bond donors (Lipinski definition) is 1. The molecule has 0 bridgehead atoms. The highest BCUT2D eigenvalue weighted by Gasteiger charge is 2.46. The molecule has 0 amide bonds. The predicted octanol–water partition coefficient (Wildman–Crippen LogP) is 2.94. The minimum atomic E-state index is 0.761. The smallest absolute Gasteiger partial charge is 0.00486 e. The largest absolute Gasteiger partial charge is 0.330 e. The fourth-order valence-corrected chi connectivity index (χ4v) is 3.64. The molecular formula is C12H23N. The van der Waals surface area contributed by atoms with E-state index in [1.165, 1.54) is 44.9 Å². The van der Waals surface area contributed by atoms with Crippen LogP contribution in [0.15, 0.2) is 0 Å². The van der Waals surface area contributed by atoms with Gasteiger partial charge in [-0.2, -0.15) is 0 Å². The van der Waals surface area contributed by atoms with Crippen molar-refractivity contribution >= 4 is 0 Å². The third kappa shape index (κ3) is 1.52. The Labute approximate surface area is 82.1 Å². The van der Waals surface area contributed by atoms with E-state index in [0.29, 0.717) is 0 Å². The van der Waals surface area contributed by atoms with Crippen LogP contribution < -0.4 is 5.73 Å². The summed E-state index contributed by atoms with van der Waals surface area (Å²) in [6.07, 6.45) is 10.4. The highest BCUT2D eigenvalue weighted by atomic mass is 14.6. The predicted molar refractivity (Wildman–Crippen MR) is 56.5 cm³/mol. The van der Waals surface area contributed by atoms with Crippen LogP contribution in [-0.2, 0) is 0 Å². The SMILES string of the molecule is CC(CN)C1CCCCC12CCC2. The zero-order valence-corrected chi connectivity index (χ0v) is 8.89. The molecule has 1 heteroatoms. The lowest BCUT2D eigenvalue weighted by Crippen LogP contribution is -2.44. The molecule has 2 rings (SSSR count). The maximum absolute atomic E-state index is 5.80. The van der Waals surface area contributed by atoms with Crippen LogP contribution in [-0.4, -0.2) is 6.54 Å². The van der Waals surface area contributed by atoms with E-state index >= 15 is 0 Å². The maximum Gasteiger partial charge on any atom is -0.00486 e. The van der Waals surface area contributed by atoms with Crippen molar-refractivity contribution in [3.63, 3.8) is 0 Å². The van der Waals surface area contributed by atoms with Crippen LogP contribution in [0.1, 0.15) is 51.9 Å². The van der Waals surface area contributed by atoms with Crippen molar-refractivity contribution in [1.29, 1.82) is 0 Å². The van der Waals surface area contributed by atoms with Crippen molar-refractivity contribution in [3.8, 4) is 0 Å². The molecule has 2 aliphatic rings. The Bertz CT molecular complexity index is 172. The number of nitrogens with two attached hydrogens (primary N) is 1. The van der Waals surface area contributed by atoms with Crippen molar-refractivity contribution in [2.75, 3.05) is 6.54 Å². The molecule has 2 unspecified atom stereocenters. The molecule has 13 heavy (non-hydrogen) atoms. The first-order chi connectivity index (χ1) is 6.28. The number of rotatable bonds is 2. The van der Waals surface area contributed by atoms with E-state index in [1.807, 2.05) is 0 Å². The van der Waals surface area contributed by atoms with Crippen LogP contribution in [0.4, 0.5) is 0 Å². The molecule has 0 aliphatic heterocycles. The average Bonchev–Trinajstić information content (AvgIpc) is 2.14. The Balaban J connectivity index is 2.04. The minimum absolute atomic E-state index is 0.761. The van der Waals surface area contributed by atoms with Gasteiger partial charge in [0, 0.05) is 0 Å². The van der Waals surface area contributed by atoms with Crippen LogP contribution >= 0.6 is 0 Å². The van der Waals surface area contributed by atoms with Crippen LogP contribution in [0, 0.1) is 17.3 Å². The average molecular weight is 181 g/mol. The lowest BCUT2D eigenvalue weighted by molar-refractivity contribution is -0.0196. The molecule has 2 fully saturated rings. The van der Waals surface area contributed by atoms with Crippen molar-refractivity contribution in [2.24, 2.45) is 23.0 Å². The lowest BCUT2D eigenvalue weighted by atomic mass is 9.52. The molecule has 0 saturated heterocycles. The molecule has 0 radical (unpaired) electrons. The standard InChI is InChI=1S/C12H23N/c1-10(9-13)11-5-2-3-6-12(11)7-4-8-12/h10-11H,2-9,13H2,1H3. The normalized spacial score (nSPS) is 34.2. The topological polar surface area (TPSA) is 26.0 Å². The van der Waals surface area contributed by atoms with E-state index in [2.05, 4.69) is 6.92 Å². The summed E-state index contributed by atoms with van der Waals surface area (Å²) in [5.41, 5.74) is 6.56. The van der Waals surface area contributed by atoms with Gasteiger partial charge in [0.2, 0.25) is 0 Å². The highest BCUT2D eigenvalue weighted by molar-refractivity contribution is 4.97. The van der Waals surface area contributed by atoms with E-state index in [9.17, 15) is 0 Å². The van der Waals surface area contributed by atoms with Gasteiger partial charge in [-0.3, -0.25) is 0 Å². The zero-order chi connectivity index (χ0) is 9.31. The lowest BCUT2D eigenvalue weighted by Gasteiger charge is -2.53. The molecular weight excluding hydrogens is 158 g/mol. The van der Waals surface area contributed by atoms with Gasteiger partial charge in [-0.1, -0.05) is 26.2 Å². The third-order valence-electron chi connectivity index (χ3n) is 4.63. The Kier molecular flexibility index (Phi) is 2.64. The van der Waals surface area contributed by atoms with Crippen molar-refractivity contribution in [1.82, 2.24) is 0 Å². The molecule has 0 aromatic rings. The van der Waals surface area contributed by atoms with Gasteiger partial charge in [0.1, 0.15) is 0 Å². The molecule has 0 heterocycles. The highest BCUT2D eigenvalue weighted by Crippen LogP contribution is 2.56. The Morgan fingerprint density at radius 2 is 1.92 bits per heavy atom. The molecule has 76 valence electrons. The van der Waals surface area contributed by atoms with Crippen LogP contribution in [0.2, 0.25) is 0 Å². The summed E-state index contributed by atoms with van der Waals surface area (Å²) in [7, 11) is 0. The maximum atomic E-state index is 5.80. The molecule has 2 aliphatic carbocycles. The second kappa shape index (κ2) is 3.61. The quantitative estimate of drug-likeness (QED) is 0.696. The summed E-state index contributed by atoms with van der Waals surface area (Å²) in [5, 5.41) is 0. The van der Waals surface area contributed by atoms with Gasteiger partial charge < -0.3 is 5.73 Å². The summed E-state index contributed by atoms with van der Waals surface area (Å²) >= 11 is 0. The molecule has 1 nitrogen and oxygen atoms in total. The first kappa shape index (κ1) is 9.51. The van der Waals surface area contributed by atoms with Gasteiger partial charge in [-0.15, -0.1) is 0 Å². The summed E-state index contributed by atoms with van der Waals surface area (Å²) in [6, 6.07) is 0. The Morgan fingerprint density at radius 3 is 2.46 bits per heavy atom. The monoisotopic (exact) mass is 181 g/mol. The van der Waals surface area contributed by atoms with Crippen LogP contribution in [0.3, 0.4) is 0 Å². The first-order valence-corrected chi connectivity index (χ1v) is 5.98. The summed E-state index contributed by atoms with van der Waals surface area (Å²) in [5.74, 6) is 1.72. The summed E-state index contributed by atoms with van der Waals surface area (Å²) in [6.45, 7) is 3.25. The number of hydrogen-bond acceptors (Lipinski definition) is 1. The first-order valence-electron chi connectivity index (χ1n) is 5.98. The molecule has 1 spiro atoms. The van der Waals surface area contributed by atoms with E-state index in [0.717, 1.165) is 23.8 Å². The van der Waals surface area contributed by atoms with Gasteiger partial charge in [0.05, 0.1) is 0 Å². The van der Waals surface area contributed by atoms with Gasteiger partial charge >= 0.3 is 0 Å². The van der Waals surface area contributed by atoms with Gasteiger partial charge in [0.15, 0.2) is 0 Å². The van der Waals surface area contributed by atoms with E-state index in [4.69, 9.17) is 5.73 Å². The fourth-order valence-electron chi connectivity index (χ4n) is 3.64. The fraction of sp³-hybridized carbons (Fsp3) is 1.00. The summed E-state index contributed by atoms with van der Waals surface area (Å²) in [4.78, 5) is 0. The van der Waals surface area contributed by atoms with Crippen LogP contribution in [0.5, 0.6) is 0 Å². The van der Waals surface area contributed by atoms with Crippen molar-refractivity contribution in [3.05, 3.63) is 0 Å². The minimum Gasteiger partial charge on any atom is -0.330 e. The Morgan fingerprint density at radius 1 is 1.23 bits per heavy atom. The third-order valence-corrected chi connectivity index (χ3v) is 4.63. The molecule has 0 aromatic carbocycles. The van der Waals surface area contributed by atoms with E-state index in [1.54, 1.807) is 0 Å². The van der Waals surface area contributed by atoms with E-state index < -0.39 is 0 Å². The van der Waals surface area contributed by atoms with Gasteiger partial charge in [0.25, 0.3) is 0 Å². The van der Waals surface area contributed by atoms with E-state index in [-0.39, 0.29) is 0 Å². The zero-order valence-electron chi connectivity index (χ0n) is 8.89. The van der Waals surface area contributed by atoms with Crippen LogP contribution in [0.25, 0.3) is 0 Å². The molecule has 2 atom stereocenters. The second-order valence-corrected chi connectivity index (χ2v) is 5.28. The van der Waals surface area contributed by atoms with Crippen molar-refractivity contribution < 1.29 is 0 Å². The molecule has 2 saturated carbocycles. The summed E-state index contributed by atoms with van der Waals surface area (Å²) < 4.78 is 0. The molecule has 0 aromatic heterocycles. The molecule has 2 N–H and O–H groups in total.